The van der Waals surface area contributed by atoms with Gasteiger partial charge in [-0.1, -0.05) is 54.1 Å². The van der Waals surface area contributed by atoms with Crippen LogP contribution in [0.1, 0.15) is 17.2 Å². The number of fused-ring (bicyclic) bond motifs is 1. The second kappa shape index (κ2) is 7.58. The van der Waals surface area contributed by atoms with Crippen molar-refractivity contribution in [1.82, 2.24) is 0 Å². The van der Waals surface area contributed by atoms with Crippen LogP contribution in [0.15, 0.2) is 78.9 Å². The first-order chi connectivity index (χ1) is 15.5. The fourth-order valence-corrected chi connectivity index (χ4v) is 4.32. The van der Waals surface area contributed by atoms with Crippen molar-refractivity contribution in [3.05, 3.63) is 100 Å². The molecule has 0 bridgehead atoms. The van der Waals surface area contributed by atoms with E-state index in [0.717, 1.165) is 11.1 Å². The van der Waals surface area contributed by atoms with Crippen LogP contribution in [0.4, 0.5) is 17.1 Å². The zero-order valence-electron chi connectivity index (χ0n) is 17.1. The lowest BCUT2D eigenvalue weighted by atomic mass is 9.90. The van der Waals surface area contributed by atoms with Gasteiger partial charge in [0.1, 0.15) is 5.92 Å². The Labute approximate surface area is 183 Å². The van der Waals surface area contributed by atoms with Crippen LogP contribution in [0.2, 0.25) is 0 Å². The molecule has 2 aliphatic rings. The topological polar surface area (TPSA) is 93.0 Å². The van der Waals surface area contributed by atoms with Crippen molar-refractivity contribution < 1.29 is 19.3 Å². The maximum absolute atomic E-state index is 13.5. The van der Waals surface area contributed by atoms with Crippen LogP contribution in [0.5, 0.6) is 0 Å². The Kier molecular flexibility index (Phi) is 4.71. The van der Waals surface area contributed by atoms with E-state index in [2.05, 4.69) is 0 Å². The molecule has 0 spiro atoms. The van der Waals surface area contributed by atoms with Crippen LogP contribution in [-0.4, -0.2) is 22.8 Å². The molecular formula is C24H19N3O5. The van der Waals surface area contributed by atoms with Gasteiger partial charge >= 0.3 is 0 Å². The zero-order valence-corrected chi connectivity index (χ0v) is 17.1. The maximum atomic E-state index is 13.5. The molecule has 8 heteroatoms. The van der Waals surface area contributed by atoms with Crippen molar-refractivity contribution >= 4 is 28.9 Å². The number of amides is 2. The van der Waals surface area contributed by atoms with Gasteiger partial charge in [0, 0.05) is 12.1 Å². The third-order valence-corrected chi connectivity index (χ3v) is 5.84. The molecule has 3 atom stereocenters. The largest absolute Gasteiger partial charge is 0.273 e. The number of nitro groups is 1. The Morgan fingerprint density at radius 1 is 0.875 bits per heavy atom. The summed E-state index contributed by atoms with van der Waals surface area (Å²) >= 11 is 0. The van der Waals surface area contributed by atoms with Gasteiger partial charge in [-0.25, -0.2) is 9.96 Å². The number of nitro benzene ring substituents is 1. The maximum Gasteiger partial charge on any atom is 0.271 e. The number of benzene rings is 3. The van der Waals surface area contributed by atoms with Crippen LogP contribution in [0.3, 0.4) is 0 Å². The Bertz CT molecular complexity index is 1210. The van der Waals surface area contributed by atoms with Gasteiger partial charge in [-0.15, -0.1) is 0 Å². The number of anilines is 2. The van der Waals surface area contributed by atoms with Crippen molar-refractivity contribution in [1.29, 1.82) is 0 Å². The molecule has 5 rings (SSSR count). The van der Waals surface area contributed by atoms with Crippen molar-refractivity contribution in [2.24, 2.45) is 5.92 Å². The highest BCUT2D eigenvalue weighted by atomic mass is 16.7. The monoisotopic (exact) mass is 429 g/mol. The highest BCUT2D eigenvalue weighted by Crippen LogP contribution is 2.47. The van der Waals surface area contributed by atoms with Crippen molar-refractivity contribution in [2.75, 3.05) is 9.96 Å². The second-order valence-corrected chi connectivity index (χ2v) is 7.86. The van der Waals surface area contributed by atoms with E-state index in [0.29, 0.717) is 11.4 Å². The molecule has 0 N–H and O–H groups in total. The van der Waals surface area contributed by atoms with Crippen LogP contribution < -0.4 is 9.96 Å². The molecule has 0 saturated carbocycles. The van der Waals surface area contributed by atoms with Crippen LogP contribution in [0.25, 0.3) is 0 Å². The number of aryl methyl sites for hydroxylation is 1. The van der Waals surface area contributed by atoms with Gasteiger partial charge in [0.05, 0.1) is 22.3 Å². The minimum absolute atomic E-state index is 0.102. The third kappa shape index (κ3) is 3.12. The van der Waals surface area contributed by atoms with Crippen LogP contribution >= 0.6 is 0 Å². The van der Waals surface area contributed by atoms with Crippen LogP contribution in [-0.2, 0) is 14.4 Å². The minimum Gasteiger partial charge on any atom is -0.273 e. The quantitative estimate of drug-likeness (QED) is 0.354. The van der Waals surface area contributed by atoms with E-state index in [9.17, 15) is 19.7 Å². The normalized spacial score (nSPS) is 22.3. The van der Waals surface area contributed by atoms with Gasteiger partial charge in [-0.2, -0.15) is 0 Å². The Morgan fingerprint density at radius 3 is 2.25 bits per heavy atom. The molecule has 0 unspecified atom stereocenters. The van der Waals surface area contributed by atoms with Gasteiger partial charge < -0.3 is 0 Å². The summed E-state index contributed by atoms with van der Waals surface area (Å²) in [6, 6.07) is 21.7. The number of para-hydroxylation sites is 1. The van der Waals surface area contributed by atoms with E-state index < -0.39 is 28.9 Å². The number of non-ortho nitro benzene ring substituents is 1. The molecule has 8 nitrogen and oxygen atoms in total. The molecule has 3 aromatic rings. The predicted octanol–water partition coefficient (Wildman–Crippen LogP) is 3.95. The zero-order chi connectivity index (χ0) is 22.4. The van der Waals surface area contributed by atoms with E-state index in [1.807, 2.05) is 37.3 Å². The Morgan fingerprint density at radius 2 is 1.56 bits per heavy atom. The number of hydrogen-bond donors (Lipinski definition) is 0. The molecule has 0 aliphatic carbocycles. The number of nitrogens with zero attached hydrogens (tertiary/aromatic N) is 3. The summed E-state index contributed by atoms with van der Waals surface area (Å²) in [4.78, 5) is 44.7. The highest BCUT2D eigenvalue weighted by molar-refractivity contribution is 6.23. The molecular weight excluding hydrogens is 410 g/mol. The van der Waals surface area contributed by atoms with Crippen molar-refractivity contribution in [3.8, 4) is 0 Å². The summed E-state index contributed by atoms with van der Waals surface area (Å²) in [7, 11) is 0. The van der Waals surface area contributed by atoms with Gasteiger partial charge in [0.25, 0.3) is 11.6 Å². The minimum atomic E-state index is -1.02. The molecule has 2 amide bonds. The summed E-state index contributed by atoms with van der Waals surface area (Å²) < 4.78 is 0. The average molecular weight is 429 g/mol. The number of rotatable bonds is 4. The Hall–Kier alpha value is -4.04. The van der Waals surface area contributed by atoms with E-state index in [1.165, 1.54) is 22.1 Å². The molecule has 3 aromatic carbocycles. The number of hydroxylamine groups is 1. The predicted molar refractivity (Wildman–Crippen MR) is 117 cm³/mol. The van der Waals surface area contributed by atoms with Gasteiger partial charge in [0.2, 0.25) is 5.91 Å². The van der Waals surface area contributed by atoms with E-state index >= 15 is 0 Å². The highest BCUT2D eigenvalue weighted by Gasteiger charge is 2.60. The Balaban J connectivity index is 1.60. The molecule has 2 aliphatic heterocycles. The second-order valence-electron chi connectivity index (χ2n) is 7.86. The standard InChI is InChI=1S/C24H19N3O5/c1-15-10-12-16(13-11-15)21-20-22(24(29)25(23(20)28)17-6-3-2-4-7-17)32-26(21)18-8-5-9-19(14-18)27(30)31/h2-14,20-22H,1H3/t20-,21+,22+/m1/s1. The summed E-state index contributed by atoms with van der Waals surface area (Å²) in [5.41, 5.74) is 2.63. The summed E-state index contributed by atoms with van der Waals surface area (Å²) in [6.07, 6.45) is -1.02. The molecule has 2 heterocycles. The lowest BCUT2D eigenvalue weighted by Gasteiger charge is -2.28. The first-order valence-electron chi connectivity index (χ1n) is 10.2. The summed E-state index contributed by atoms with van der Waals surface area (Å²) in [6.45, 7) is 1.96. The van der Waals surface area contributed by atoms with Gasteiger partial charge in [-0.3, -0.25) is 24.5 Å². The molecule has 0 radical (unpaired) electrons. The lowest BCUT2D eigenvalue weighted by Crippen LogP contribution is -2.37. The van der Waals surface area contributed by atoms with E-state index in [1.54, 1.807) is 36.4 Å². The number of imide groups is 1. The van der Waals surface area contributed by atoms with Crippen molar-refractivity contribution in [3.63, 3.8) is 0 Å². The van der Waals surface area contributed by atoms with Crippen LogP contribution in [0, 0.1) is 23.0 Å². The SMILES string of the molecule is Cc1ccc([C@H]2[C@H]3C(=O)N(c4ccccc4)C(=O)[C@H]3ON2c2cccc([N+](=O)[O-])c2)cc1. The van der Waals surface area contributed by atoms with E-state index in [4.69, 9.17) is 4.84 Å². The van der Waals surface area contributed by atoms with E-state index in [-0.39, 0.29) is 11.6 Å². The molecule has 2 saturated heterocycles. The first kappa shape index (κ1) is 19.9. The molecule has 2 fully saturated rings. The lowest BCUT2D eigenvalue weighted by molar-refractivity contribution is -0.384. The average Bonchev–Trinajstić information content (AvgIpc) is 3.31. The molecule has 0 aromatic heterocycles. The fourth-order valence-electron chi connectivity index (χ4n) is 4.32. The smallest absolute Gasteiger partial charge is 0.271 e. The first-order valence-corrected chi connectivity index (χ1v) is 10.2. The fraction of sp³-hybridized carbons (Fsp3) is 0.167. The van der Waals surface area contributed by atoms with Gasteiger partial charge in [-0.05, 0) is 30.7 Å². The molecule has 160 valence electrons. The van der Waals surface area contributed by atoms with Crippen molar-refractivity contribution in [2.45, 2.75) is 19.1 Å². The summed E-state index contributed by atoms with van der Waals surface area (Å²) in [5.74, 6) is -1.59. The van der Waals surface area contributed by atoms with Gasteiger partial charge in [0.15, 0.2) is 6.10 Å². The number of carbonyl (C=O) groups is 2. The third-order valence-electron chi connectivity index (χ3n) is 5.84. The molecule has 32 heavy (non-hydrogen) atoms. The summed E-state index contributed by atoms with van der Waals surface area (Å²) in [5, 5.41) is 12.8. The number of carbonyl (C=O) groups excluding carboxylic acids is 2. The number of hydrogen-bond acceptors (Lipinski definition) is 6.